The van der Waals surface area contributed by atoms with Crippen molar-refractivity contribution in [2.24, 2.45) is 0 Å². The minimum Gasteiger partial charge on any atom is -0.508 e. The lowest BCUT2D eigenvalue weighted by Gasteiger charge is -2.41. The topological polar surface area (TPSA) is 166 Å². The van der Waals surface area contributed by atoms with Crippen molar-refractivity contribution >= 4 is 5.82 Å². The molecule has 0 spiro atoms. The molecule has 4 rings (SSSR count). The fraction of sp³-hybridized carbons (Fsp3) is 0.389. The lowest BCUT2D eigenvalue weighted by molar-refractivity contribution is -0.251. The largest absolute Gasteiger partial charge is 0.508 e. The number of hydrogen-bond acceptors (Lipinski definition) is 10. The summed E-state index contributed by atoms with van der Waals surface area (Å²) in [5.74, 6) is 0.924. The Morgan fingerprint density at radius 2 is 1.90 bits per heavy atom. The van der Waals surface area contributed by atoms with Crippen LogP contribution in [0.15, 0.2) is 36.9 Å². The van der Waals surface area contributed by atoms with Crippen LogP contribution in [0, 0.1) is 0 Å². The number of phenols is 1. The molecular formula is C18H21N5O6. The molecule has 5 atom stereocenters. The molecule has 0 amide bonds. The maximum absolute atomic E-state index is 10.4. The highest BCUT2D eigenvalue weighted by molar-refractivity contribution is 5.67. The Hall–Kier alpha value is -2.83. The van der Waals surface area contributed by atoms with Crippen LogP contribution >= 0.6 is 0 Å². The number of phenolic OH excluding ortho intramolecular Hbond substituents is 1. The molecule has 3 aliphatic heterocycles. The van der Waals surface area contributed by atoms with Crippen LogP contribution in [0.3, 0.4) is 0 Å². The van der Waals surface area contributed by atoms with Gasteiger partial charge in [-0.25, -0.2) is 15.0 Å². The Bertz CT molecular complexity index is 950. The zero-order chi connectivity index (χ0) is 20.5. The molecular weight excluding hydrogens is 382 g/mol. The highest BCUT2D eigenvalue weighted by atomic mass is 16.6. The number of benzene rings is 1. The van der Waals surface area contributed by atoms with Gasteiger partial charge in [-0.05, 0) is 17.7 Å². The first-order valence-electron chi connectivity index (χ1n) is 8.99. The number of imidazole rings is 1. The first-order chi connectivity index (χ1) is 14.0. The molecule has 29 heavy (non-hydrogen) atoms. The Labute approximate surface area is 165 Å². The predicted octanol–water partition coefficient (Wildman–Crippen LogP) is -0.932. The maximum Gasteiger partial charge on any atom is 0.167 e. The summed E-state index contributed by atoms with van der Waals surface area (Å²) in [7, 11) is 0. The van der Waals surface area contributed by atoms with Crippen molar-refractivity contribution < 1.29 is 30.3 Å². The maximum atomic E-state index is 10.4. The first-order valence-corrected chi connectivity index (χ1v) is 8.99. The number of aromatic nitrogens is 4. The zero-order valence-corrected chi connectivity index (χ0v) is 15.2. The molecule has 0 radical (unpaired) electrons. The van der Waals surface area contributed by atoms with E-state index in [-0.39, 0.29) is 5.75 Å². The Morgan fingerprint density at radius 3 is 2.66 bits per heavy atom. The van der Waals surface area contributed by atoms with E-state index in [0.29, 0.717) is 23.9 Å². The molecule has 154 valence electrons. The number of ether oxygens (including phenoxy) is 1. The number of rotatable bonds is 5. The number of nitrogens with zero attached hydrogens (tertiary/aromatic N) is 4. The summed E-state index contributed by atoms with van der Waals surface area (Å²) in [5.41, 5.74) is 1.25. The van der Waals surface area contributed by atoms with E-state index in [9.17, 15) is 25.5 Å². The van der Waals surface area contributed by atoms with Gasteiger partial charge in [0.2, 0.25) is 0 Å². The molecule has 1 aromatic rings. The number of aliphatic hydroxyl groups is 4. The van der Waals surface area contributed by atoms with Gasteiger partial charge in [-0.15, -0.1) is 0 Å². The Balaban J connectivity index is 1.61. The smallest absolute Gasteiger partial charge is 0.167 e. The molecule has 1 fully saturated rings. The van der Waals surface area contributed by atoms with E-state index in [4.69, 9.17) is 4.74 Å². The van der Waals surface area contributed by atoms with Crippen LogP contribution in [-0.4, -0.2) is 76.1 Å². The van der Waals surface area contributed by atoms with Crippen molar-refractivity contribution in [3.05, 3.63) is 42.5 Å². The van der Waals surface area contributed by atoms with Crippen molar-refractivity contribution in [1.82, 2.24) is 19.5 Å². The molecule has 11 heteroatoms. The van der Waals surface area contributed by atoms with Gasteiger partial charge in [0, 0.05) is 6.54 Å². The molecule has 0 saturated carbocycles. The normalized spacial score (nSPS) is 27.2. The van der Waals surface area contributed by atoms with Gasteiger partial charge in [0.15, 0.2) is 23.6 Å². The number of aliphatic hydroxyl groups excluding tert-OH is 4. The molecule has 6 N–H and O–H groups in total. The van der Waals surface area contributed by atoms with Crippen LogP contribution in [-0.2, 0) is 11.3 Å². The molecule has 0 unspecified atom stereocenters. The van der Waals surface area contributed by atoms with Crippen molar-refractivity contribution in [2.75, 3.05) is 11.9 Å². The van der Waals surface area contributed by atoms with Gasteiger partial charge in [-0.2, -0.15) is 0 Å². The monoisotopic (exact) mass is 403 g/mol. The van der Waals surface area contributed by atoms with Gasteiger partial charge in [0.1, 0.15) is 42.8 Å². The lowest BCUT2D eigenvalue weighted by Crippen LogP contribution is -2.56. The standard InChI is InChI=1S/C18H21N5O6/c24-6-11-13(26)14(27)15(28)18(29-11)23-8-22-16(12-17(23)21-7-20-12)19-5-9-2-1-3-10(25)4-9/h1-4,7-8,11,13-15,18-19,24-28H,5-6H2/t11-,13-,14+,15-,18-/m1/s1. The van der Waals surface area contributed by atoms with Gasteiger partial charge in [0.05, 0.1) is 6.61 Å². The Kier molecular flexibility index (Phi) is 5.30. The number of nitrogens with one attached hydrogen (secondary N) is 1. The fourth-order valence-corrected chi connectivity index (χ4v) is 3.33. The number of aromatic hydroxyl groups is 1. The van der Waals surface area contributed by atoms with Gasteiger partial charge in [-0.1, -0.05) is 12.1 Å². The van der Waals surface area contributed by atoms with Crippen LogP contribution in [0.1, 0.15) is 11.8 Å². The van der Waals surface area contributed by atoms with E-state index in [1.165, 1.54) is 17.2 Å². The average Bonchev–Trinajstić information content (AvgIpc) is 3.21. The van der Waals surface area contributed by atoms with Crippen molar-refractivity contribution in [3.63, 3.8) is 0 Å². The van der Waals surface area contributed by atoms with E-state index in [1.54, 1.807) is 18.2 Å². The highest BCUT2D eigenvalue weighted by Crippen LogP contribution is 2.33. The van der Waals surface area contributed by atoms with Crippen LogP contribution in [0.4, 0.5) is 5.82 Å². The van der Waals surface area contributed by atoms with E-state index < -0.39 is 37.3 Å². The third kappa shape index (κ3) is 3.61. The van der Waals surface area contributed by atoms with Crippen molar-refractivity contribution in [3.8, 4) is 17.3 Å². The fourth-order valence-electron chi connectivity index (χ4n) is 3.33. The summed E-state index contributed by atoms with van der Waals surface area (Å²) in [6.45, 7) is -0.151. The SMILES string of the molecule is OC[C@H]1O[C@@H](n2cnc(NCc3cccc(O)c3)c3ncnc2-3)[C@H](O)[C@@H](O)[C@@H]1O. The second-order valence-corrected chi connectivity index (χ2v) is 6.79. The van der Waals surface area contributed by atoms with Gasteiger partial charge >= 0.3 is 0 Å². The van der Waals surface area contributed by atoms with Gasteiger partial charge < -0.3 is 35.6 Å². The van der Waals surface area contributed by atoms with Gasteiger partial charge in [0.25, 0.3) is 0 Å². The highest BCUT2D eigenvalue weighted by Gasteiger charge is 2.45. The second-order valence-electron chi connectivity index (χ2n) is 6.79. The predicted molar refractivity (Wildman–Crippen MR) is 98.9 cm³/mol. The quantitative estimate of drug-likeness (QED) is 0.313. The molecule has 0 aliphatic carbocycles. The van der Waals surface area contributed by atoms with E-state index in [2.05, 4.69) is 20.3 Å². The summed E-state index contributed by atoms with van der Waals surface area (Å²) in [6, 6.07) is 6.78. The molecule has 1 aromatic carbocycles. The third-order valence-corrected chi connectivity index (χ3v) is 4.87. The number of hydrogen-bond donors (Lipinski definition) is 6. The summed E-state index contributed by atoms with van der Waals surface area (Å²) in [5, 5.41) is 52.5. The summed E-state index contributed by atoms with van der Waals surface area (Å²) in [6.07, 6.45) is -3.92. The molecule has 0 aromatic heterocycles. The average molecular weight is 403 g/mol. The van der Waals surface area contributed by atoms with Crippen molar-refractivity contribution in [2.45, 2.75) is 37.2 Å². The molecule has 11 nitrogen and oxygen atoms in total. The Morgan fingerprint density at radius 1 is 1.07 bits per heavy atom. The van der Waals surface area contributed by atoms with E-state index >= 15 is 0 Å². The minimum atomic E-state index is -1.51. The molecule has 3 heterocycles. The lowest BCUT2D eigenvalue weighted by atomic mass is 9.98. The number of anilines is 1. The van der Waals surface area contributed by atoms with Crippen LogP contribution in [0.25, 0.3) is 11.5 Å². The summed E-state index contributed by atoms with van der Waals surface area (Å²) >= 11 is 0. The van der Waals surface area contributed by atoms with Crippen LogP contribution in [0.5, 0.6) is 5.75 Å². The summed E-state index contributed by atoms with van der Waals surface area (Å²) < 4.78 is 6.97. The number of fused-ring (bicyclic) bond motifs is 1. The van der Waals surface area contributed by atoms with Crippen LogP contribution in [0.2, 0.25) is 0 Å². The van der Waals surface area contributed by atoms with E-state index in [1.807, 2.05) is 6.07 Å². The van der Waals surface area contributed by atoms with Crippen molar-refractivity contribution in [1.29, 1.82) is 0 Å². The molecule has 0 bridgehead atoms. The summed E-state index contributed by atoms with van der Waals surface area (Å²) in [4.78, 5) is 12.7. The van der Waals surface area contributed by atoms with E-state index in [0.717, 1.165) is 5.56 Å². The van der Waals surface area contributed by atoms with Gasteiger partial charge in [-0.3, -0.25) is 4.57 Å². The third-order valence-electron chi connectivity index (χ3n) is 4.87. The first kappa shape index (κ1) is 19.5. The zero-order valence-electron chi connectivity index (χ0n) is 15.2. The second kappa shape index (κ2) is 7.89. The van der Waals surface area contributed by atoms with Crippen LogP contribution < -0.4 is 5.32 Å². The molecule has 3 aliphatic rings. The molecule has 1 saturated heterocycles. The minimum absolute atomic E-state index is 0.157.